The summed E-state index contributed by atoms with van der Waals surface area (Å²) in [6, 6.07) is 15.2. The number of rotatable bonds is 14. The number of nitrogens with zero attached hydrogens (tertiary/aromatic N) is 2. The van der Waals surface area contributed by atoms with Gasteiger partial charge in [0, 0.05) is 18.7 Å². The number of hydrogen-bond donors (Lipinski definition) is 1. The number of amides is 2. The Morgan fingerprint density at radius 3 is 2.22 bits per heavy atom. The van der Waals surface area contributed by atoms with E-state index in [2.05, 4.69) is 5.32 Å². The van der Waals surface area contributed by atoms with Crippen LogP contribution >= 0.6 is 0 Å². The molecule has 0 saturated carbocycles. The Bertz CT molecular complexity index is 1420. The predicted molar refractivity (Wildman–Crippen MR) is 153 cm³/mol. The molecule has 0 saturated heterocycles. The summed E-state index contributed by atoms with van der Waals surface area (Å²) in [4.78, 5) is 27.7. The summed E-state index contributed by atoms with van der Waals surface area (Å²) in [6.07, 6.45) is 1.59. The largest absolute Gasteiger partial charge is 0.494 e. The van der Waals surface area contributed by atoms with Gasteiger partial charge in [-0.05, 0) is 74.9 Å². The maximum atomic E-state index is 14.6. The molecule has 0 aliphatic carbocycles. The highest BCUT2D eigenvalue weighted by molar-refractivity contribution is 7.92. The van der Waals surface area contributed by atoms with Crippen LogP contribution in [0.2, 0.25) is 0 Å². The maximum absolute atomic E-state index is 14.6. The third-order valence-corrected chi connectivity index (χ3v) is 8.20. The Morgan fingerprint density at radius 1 is 0.951 bits per heavy atom. The van der Waals surface area contributed by atoms with Crippen LogP contribution in [-0.4, -0.2) is 50.9 Å². The number of anilines is 1. The van der Waals surface area contributed by atoms with Crippen LogP contribution in [0.1, 0.15) is 39.2 Å². The summed E-state index contributed by atoms with van der Waals surface area (Å²) >= 11 is 0. The van der Waals surface area contributed by atoms with Crippen LogP contribution in [0, 0.1) is 11.6 Å². The third kappa shape index (κ3) is 8.26. The average Bonchev–Trinajstić information content (AvgIpc) is 2.96. The summed E-state index contributed by atoms with van der Waals surface area (Å²) in [7, 11) is -4.37. The van der Waals surface area contributed by atoms with Gasteiger partial charge in [-0.3, -0.25) is 13.9 Å². The van der Waals surface area contributed by atoms with Crippen LogP contribution < -0.4 is 14.4 Å². The molecule has 3 aromatic carbocycles. The van der Waals surface area contributed by atoms with E-state index in [4.69, 9.17) is 4.74 Å². The highest BCUT2D eigenvalue weighted by atomic mass is 32.2. The number of benzene rings is 3. The summed E-state index contributed by atoms with van der Waals surface area (Å²) in [5, 5.41) is 2.78. The number of nitrogens with one attached hydrogen (secondary N) is 1. The van der Waals surface area contributed by atoms with Crippen molar-refractivity contribution in [3.63, 3.8) is 0 Å². The van der Waals surface area contributed by atoms with Crippen molar-refractivity contribution in [2.45, 2.75) is 51.1 Å². The highest BCUT2D eigenvalue weighted by Gasteiger charge is 2.33. The molecule has 0 aliphatic rings. The number of halogens is 2. The van der Waals surface area contributed by atoms with Gasteiger partial charge in [-0.1, -0.05) is 31.5 Å². The molecule has 1 N–H and O–H groups in total. The van der Waals surface area contributed by atoms with Crippen LogP contribution in [0.25, 0.3) is 0 Å². The second-order valence-electron chi connectivity index (χ2n) is 9.33. The van der Waals surface area contributed by atoms with Gasteiger partial charge in [0.25, 0.3) is 10.0 Å². The SMILES string of the molecule is CCCCNC(=O)[C@@H](C)N(Cc1ccccc1F)C(=O)CN(c1ccc(OCC)cc1)S(=O)(=O)c1ccc(F)cc1. The number of sulfonamides is 1. The second kappa shape index (κ2) is 14.6. The van der Waals surface area contributed by atoms with Crippen molar-refractivity contribution in [2.75, 3.05) is 24.0 Å². The van der Waals surface area contributed by atoms with Gasteiger partial charge in [-0.2, -0.15) is 0 Å². The highest BCUT2D eigenvalue weighted by Crippen LogP contribution is 2.27. The fraction of sp³-hybridized carbons (Fsp3) is 0.333. The molecule has 0 heterocycles. The summed E-state index contributed by atoms with van der Waals surface area (Å²) in [5.74, 6) is -1.86. The average molecular weight is 588 g/mol. The van der Waals surface area contributed by atoms with Gasteiger partial charge in [-0.25, -0.2) is 17.2 Å². The molecule has 11 heteroatoms. The second-order valence-corrected chi connectivity index (χ2v) is 11.2. The zero-order chi connectivity index (χ0) is 30.0. The van der Waals surface area contributed by atoms with Crippen molar-refractivity contribution in [1.29, 1.82) is 0 Å². The normalized spacial score (nSPS) is 11.9. The molecule has 3 aromatic rings. The van der Waals surface area contributed by atoms with E-state index in [9.17, 15) is 26.8 Å². The molecule has 0 aliphatic heterocycles. The minimum Gasteiger partial charge on any atom is -0.494 e. The molecule has 0 aromatic heterocycles. The van der Waals surface area contributed by atoms with Gasteiger partial charge in [0.15, 0.2) is 0 Å². The van der Waals surface area contributed by atoms with Crippen LogP contribution in [-0.2, 0) is 26.2 Å². The first-order chi connectivity index (χ1) is 19.6. The van der Waals surface area contributed by atoms with Crippen LogP contribution in [0.3, 0.4) is 0 Å². The monoisotopic (exact) mass is 587 g/mol. The Labute approximate surface area is 240 Å². The third-order valence-electron chi connectivity index (χ3n) is 6.41. The van der Waals surface area contributed by atoms with Crippen LogP contribution in [0.15, 0.2) is 77.7 Å². The molecule has 8 nitrogen and oxygen atoms in total. The first-order valence-electron chi connectivity index (χ1n) is 13.4. The van der Waals surface area contributed by atoms with Gasteiger partial charge in [-0.15, -0.1) is 0 Å². The molecule has 1 atom stereocenters. The zero-order valence-corrected chi connectivity index (χ0v) is 24.2. The van der Waals surface area contributed by atoms with Crippen molar-refractivity contribution in [2.24, 2.45) is 0 Å². The lowest BCUT2D eigenvalue weighted by molar-refractivity contribution is -0.139. The molecule has 2 amide bonds. The lowest BCUT2D eigenvalue weighted by Crippen LogP contribution is -2.51. The number of hydrogen-bond acceptors (Lipinski definition) is 5. The van der Waals surface area contributed by atoms with E-state index < -0.39 is 46.1 Å². The topological polar surface area (TPSA) is 96.0 Å². The first kappa shape index (κ1) is 31.5. The summed E-state index contributed by atoms with van der Waals surface area (Å²) in [6.45, 7) is 5.13. The molecule has 0 fully saturated rings. The Kier molecular flexibility index (Phi) is 11.2. The Hall–Kier alpha value is -3.99. The molecule has 41 heavy (non-hydrogen) atoms. The van der Waals surface area contributed by atoms with Crippen LogP contribution in [0.4, 0.5) is 14.5 Å². The van der Waals surface area contributed by atoms with E-state index >= 15 is 0 Å². The van der Waals surface area contributed by atoms with Crippen molar-refractivity contribution >= 4 is 27.5 Å². The van der Waals surface area contributed by atoms with Gasteiger partial charge < -0.3 is 15.0 Å². The number of carbonyl (C=O) groups excluding carboxylic acids is 2. The van der Waals surface area contributed by atoms with E-state index in [1.165, 1.54) is 37.3 Å². The van der Waals surface area contributed by atoms with Crippen LogP contribution in [0.5, 0.6) is 5.75 Å². The Balaban J connectivity index is 2.01. The van der Waals surface area contributed by atoms with Gasteiger partial charge in [0.2, 0.25) is 11.8 Å². The van der Waals surface area contributed by atoms with E-state index in [0.717, 1.165) is 46.3 Å². The van der Waals surface area contributed by atoms with Gasteiger partial charge >= 0.3 is 0 Å². The number of unbranched alkanes of at least 4 members (excludes halogenated alkanes) is 1. The van der Waals surface area contributed by atoms with Crippen molar-refractivity contribution in [1.82, 2.24) is 10.2 Å². The lowest BCUT2D eigenvalue weighted by Gasteiger charge is -2.32. The summed E-state index contributed by atoms with van der Waals surface area (Å²) in [5.41, 5.74) is 0.320. The zero-order valence-electron chi connectivity index (χ0n) is 23.3. The van der Waals surface area contributed by atoms with E-state index in [0.29, 0.717) is 18.9 Å². The minimum atomic E-state index is -4.37. The lowest BCUT2D eigenvalue weighted by atomic mass is 10.1. The fourth-order valence-electron chi connectivity index (χ4n) is 4.07. The fourth-order valence-corrected chi connectivity index (χ4v) is 5.48. The molecule has 0 unspecified atom stereocenters. The smallest absolute Gasteiger partial charge is 0.264 e. The molecule has 220 valence electrons. The molecular weight excluding hydrogens is 552 g/mol. The molecule has 3 rings (SSSR count). The quantitative estimate of drug-likeness (QED) is 0.271. The number of ether oxygens (including phenoxy) is 1. The van der Waals surface area contributed by atoms with Gasteiger partial charge in [0.05, 0.1) is 17.2 Å². The predicted octanol–water partition coefficient (Wildman–Crippen LogP) is 4.89. The van der Waals surface area contributed by atoms with Crippen molar-refractivity contribution in [3.05, 3.63) is 90.0 Å². The molecular formula is C30H35F2N3O5S. The molecule has 0 radical (unpaired) electrons. The van der Waals surface area contributed by atoms with E-state index in [1.54, 1.807) is 18.2 Å². The first-order valence-corrected chi connectivity index (χ1v) is 14.8. The van der Waals surface area contributed by atoms with E-state index in [-0.39, 0.29) is 22.7 Å². The standard InChI is InChI=1S/C30H35F2N3O5S/c1-4-6-19-33-30(37)22(3)34(20-23-9-7-8-10-28(23)32)29(36)21-35(25-13-15-26(16-14-25)40-5-2)41(38,39)27-17-11-24(31)12-18-27/h7-18,22H,4-6,19-21H2,1-3H3,(H,33,37)/t22-/m1/s1. The van der Waals surface area contributed by atoms with Crippen molar-refractivity contribution in [3.8, 4) is 5.75 Å². The van der Waals surface area contributed by atoms with Crippen molar-refractivity contribution < 1.29 is 31.5 Å². The van der Waals surface area contributed by atoms with E-state index in [1.807, 2.05) is 13.8 Å². The molecule has 0 bridgehead atoms. The molecule has 0 spiro atoms. The maximum Gasteiger partial charge on any atom is 0.264 e. The summed E-state index contributed by atoms with van der Waals surface area (Å²) < 4.78 is 62.1. The minimum absolute atomic E-state index is 0.150. The Morgan fingerprint density at radius 2 is 1.61 bits per heavy atom. The number of carbonyl (C=O) groups is 2. The van der Waals surface area contributed by atoms with Gasteiger partial charge in [0.1, 0.15) is 30.0 Å².